The van der Waals surface area contributed by atoms with E-state index in [1.54, 1.807) is 0 Å². The molecule has 1 N–H and O–H groups in total. The first-order valence-corrected chi connectivity index (χ1v) is 5.64. The molecule has 3 nitrogen and oxygen atoms in total. The second-order valence-electron chi connectivity index (χ2n) is 3.68. The molecular weight excluding hydrogens is 204 g/mol. The van der Waals surface area contributed by atoms with Crippen LogP contribution in [0, 0.1) is 0 Å². The fraction of sp³-hybridized carbons (Fsp3) is 0.462. The topological polar surface area (TPSA) is 46.5 Å². The molecule has 1 aromatic rings. The van der Waals surface area contributed by atoms with Crippen molar-refractivity contribution in [3.63, 3.8) is 0 Å². The first kappa shape index (κ1) is 12.6. The number of hydrogen-bond acceptors (Lipinski definition) is 2. The molecule has 0 saturated heterocycles. The normalized spacial score (nSPS) is 12.1. The third-order valence-corrected chi connectivity index (χ3v) is 2.47. The molecule has 0 saturated carbocycles. The molecule has 0 bridgehead atoms. The predicted octanol–water partition coefficient (Wildman–Crippen LogP) is 3.05. The van der Waals surface area contributed by atoms with Gasteiger partial charge in [-0.3, -0.25) is 4.79 Å². The summed E-state index contributed by atoms with van der Waals surface area (Å²) in [7, 11) is 0. The Kier molecular flexibility index (Phi) is 4.83. The Morgan fingerprint density at radius 3 is 2.38 bits per heavy atom. The van der Waals surface area contributed by atoms with Crippen molar-refractivity contribution in [2.24, 2.45) is 0 Å². The summed E-state index contributed by atoms with van der Waals surface area (Å²) in [6, 6.07) is 7.31. The van der Waals surface area contributed by atoms with Crippen LogP contribution in [0.5, 0.6) is 5.75 Å². The zero-order valence-electron chi connectivity index (χ0n) is 9.77. The van der Waals surface area contributed by atoms with E-state index in [4.69, 9.17) is 9.84 Å². The van der Waals surface area contributed by atoms with Gasteiger partial charge in [-0.2, -0.15) is 0 Å². The Morgan fingerprint density at radius 2 is 1.94 bits per heavy atom. The molecule has 16 heavy (non-hydrogen) atoms. The van der Waals surface area contributed by atoms with Gasteiger partial charge in [0, 0.05) is 0 Å². The molecule has 0 spiro atoms. The summed E-state index contributed by atoms with van der Waals surface area (Å²) in [4.78, 5) is 11.1. The minimum Gasteiger partial charge on any atom is -0.494 e. The molecule has 88 valence electrons. The first-order chi connectivity index (χ1) is 7.69. The number of rotatable bonds is 6. The lowest BCUT2D eigenvalue weighted by Gasteiger charge is -2.12. The summed E-state index contributed by atoms with van der Waals surface area (Å²) in [6.07, 6.45) is 1.54. The van der Waals surface area contributed by atoms with Crippen LogP contribution >= 0.6 is 0 Å². The highest BCUT2D eigenvalue weighted by atomic mass is 16.5. The summed E-state index contributed by atoms with van der Waals surface area (Å²) in [5.41, 5.74) is 0.845. The molecular formula is C13H18O3. The minimum absolute atomic E-state index is 0.402. The molecule has 0 aliphatic heterocycles. The summed E-state index contributed by atoms with van der Waals surface area (Å²) in [5.74, 6) is -0.376. The van der Waals surface area contributed by atoms with E-state index in [1.807, 2.05) is 38.1 Å². The van der Waals surface area contributed by atoms with Crippen molar-refractivity contribution in [1.29, 1.82) is 0 Å². The molecule has 0 radical (unpaired) electrons. The molecule has 1 rings (SSSR count). The van der Waals surface area contributed by atoms with E-state index in [0.717, 1.165) is 17.7 Å². The Morgan fingerprint density at radius 1 is 1.31 bits per heavy atom. The number of ether oxygens (including phenoxy) is 1. The van der Waals surface area contributed by atoms with Crippen LogP contribution in [0.15, 0.2) is 24.3 Å². The van der Waals surface area contributed by atoms with Crippen molar-refractivity contribution in [3.05, 3.63) is 29.8 Å². The quantitative estimate of drug-likeness (QED) is 0.804. The van der Waals surface area contributed by atoms with Crippen LogP contribution in [0.3, 0.4) is 0 Å². The van der Waals surface area contributed by atoms with Crippen molar-refractivity contribution in [1.82, 2.24) is 0 Å². The van der Waals surface area contributed by atoms with Crippen LogP contribution in [-0.4, -0.2) is 17.7 Å². The van der Waals surface area contributed by atoms with Gasteiger partial charge in [-0.25, -0.2) is 0 Å². The summed E-state index contributed by atoms with van der Waals surface area (Å²) in [5, 5.41) is 9.10. The SMILES string of the molecule is CCCC(C(=O)O)c1ccc(OCC)cc1. The zero-order chi connectivity index (χ0) is 12.0. The van der Waals surface area contributed by atoms with Gasteiger partial charge in [0.25, 0.3) is 0 Å². The summed E-state index contributed by atoms with van der Waals surface area (Å²) in [6.45, 7) is 4.53. The number of carbonyl (C=O) groups is 1. The number of carboxylic acids is 1. The van der Waals surface area contributed by atoms with Gasteiger partial charge < -0.3 is 9.84 Å². The predicted molar refractivity (Wildman–Crippen MR) is 62.9 cm³/mol. The minimum atomic E-state index is -0.758. The van der Waals surface area contributed by atoms with E-state index < -0.39 is 11.9 Å². The van der Waals surface area contributed by atoms with E-state index in [1.165, 1.54) is 0 Å². The smallest absolute Gasteiger partial charge is 0.310 e. The van der Waals surface area contributed by atoms with Crippen LogP contribution in [-0.2, 0) is 4.79 Å². The van der Waals surface area contributed by atoms with Crippen molar-refractivity contribution in [2.45, 2.75) is 32.6 Å². The first-order valence-electron chi connectivity index (χ1n) is 5.64. The summed E-state index contributed by atoms with van der Waals surface area (Å²) >= 11 is 0. The highest BCUT2D eigenvalue weighted by Gasteiger charge is 2.18. The lowest BCUT2D eigenvalue weighted by Crippen LogP contribution is -2.11. The fourth-order valence-corrected chi connectivity index (χ4v) is 1.68. The van der Waals surface area contributed by atoms with E-state index in [-0.39, 0.29) is 0 Å². The molecule has 0 aliphatic carbocycles. The van der Waals surface area contributed by atoms with Gasteiger partial charge in [-0.1, -0.05) is 25.5 Å². The zero-order valence-corrected chi connectivity index (χ0v) is 9.77. The van der Waals surface area contributed by atoms with Gasteiger partial charge in [0.1, 0.15) is 5.75 Å². The Balaban J connectivity index is 2.81. The van der Waals surface area contributed by atoms with Gasteiger partial charge in [-0.15, -0.1) is 0 Å². The van der Waals surface area contributed by atoms with Gasteiger partial charge in [0.2, 0.25) is 0 Å². The number of aliphatic carboxylic acids is 1. The van der Waals surface area contributed by atoms with Crippen molar-refractivity contribution in [3.8, 4) is 5.75 Å². The van der Waals surface area contributed by atoms with Gasteiger partial charge >= 0.3 is 5.97 Å². The van der Waals surface area contributed by atoms with E-state index in [0.29, 0.717) is 13.0 Å². The maximum absolute atomic E-state index is 11.1. The molecule has 1 atom stereocenters. The Labute approximate surface area is 96.1 Å². The lowest BCUT2D eigenvalue weighted by atomic mass is 9.95. The molecule has 1 unspecified atom stereocenters. The van der Waals surface area contributed by atoms with E-state index in [9.17, 15) is 4.79 Å². The second-order valence-corrected chi connectivity index (χ2v) is 3.68. The van der Waals surface area contributed by atoms with Crippen molar-refractivity contribution < 1.29 is 14.6 Å². The number of carboxylic acid groups (broad SMARTS) is 1. The standard InChI is InChI=1S/C13H18O3/c1-3-5-12(13(14)15)10-6-8-11(9-7-10)16-4-2/h6-9,12H,3-5H2,1-2H3,(H,14,15). The third kappa shape index (κ3) is 3.26. The average molecular weight is 222 g/mol. The van der Waals surface area contributed by atoms with Crippen molar-refractivity contribution >= 4 is 5.97 Å². The number of hydrogen-bond donors (Lipinski definition) is 1. The highest BCUT2D eigenvalue weighted by Crippen LogP contribution is 2.23. The molecule has 0 aromatic heterocycles. The molecule has 0 aliphatic rings. The molecule has 3 heteroatoms. The molecule has 0 heterocycles. The van der Waals surface area contributed by atoms with Crippen molar-refractivity contribution in [2.75, 3.05) is 6.61 Å². The summed E-state index contributed by atoms with van der Waals surface area (Å²) < 4.78 is 5.31. The monoisotopic (exact) mass is 222 g/mol. The molecule has 1 aromatic carbocycles. The lowest BCUT2D eigenvalue weighted by molar-refractivity contribution is -0.139. The van der Waals surface area contributed by atoms with Gasteiger partial charge in [0.05, 0.1) is 12.5 Å². The second kappa shape index (κ2) is 6.16. The van der Waals surface area contributed by atoms with Crippen LogP contribution in [0.2, 0.25) is 0 Å². The largest absolute Gasteiger partial charge is 0.494 e. The van der Waals surface area contributed by atoms with Crippen LogP contribution in [0.25, 0.3) is 0 Å². The van der Waals surface area contributed by atoms with Crippen LogP contribution in [0.4, 0.5) is 0 Å². The molecule has 0 amide bonds. The maximum Gasteiger partial charge on any atom is 0.310 e. The van der Waals surface area contributed by atoms with E-state index >= 15 is 0 Å². The van der Waals surface area contributed by atoms with E-state index in [2.05, 4.69) is 0 Å². The fourth-order valence-electron chi connectivity index (χ4n) is 1.68. The third-order valence-electron chi connectivity index (χ3n) is 2.47. The Bertz CT molecular complexity index is 330. The Hall–Kier alpha value is -1.51. The highest BCUT2D eigenvalue weighted by molar-refractivity contribution is 5.76. The average Bonchev–Trinajstić information content (AvgIpc) is 2.27. The maximum atomic E-state index is 11.1. The van der Waals surface area contributed by atoms with Crippen LogP contribution in [0.1, 0.15) is 38.2 Å². The van der Waals surface area contributed by atoms with Gasteiger partial charge in [0.15, 0.2) is 0 Å². The number of benzene rings is 1. The molecule has 0 fully saturated rings. The van der Waals surface area contributed by atoms with Crippen LogP contribution < -0.4 is 4.74 Å². The van der Waals surface area contributed by atoms with Gasteiger partial charge in [-0.05, 0) is 31.0 Å².